The number of urea groups is 1. The highest BCUT2D eigenvalue weighted by Crippen LogP contribution is 2.28. The fourth-order valence-corrected chi connectivity index (χ4v) is 3.79. The normalized spacial score (nSPS) is 14.5. The van der Waals surface area contributed by atoms with Crippen molar-refractivity contribution in [1.29, 1.82) is 0 Å². The number of halogens is 1. The average Bonchev–Trinajstić information content (AvgIpc) is 2.76. The number of nitrogens with one attached hydrogen (secondary N) is 1. The lowest BCUT2D eigenvalue weighted by Crippen LogP contribution is -2.49. The highest BCUT2D eigenvalue weighted by Gasteiger charge is 2.21. The minimum absolute atomic E-state index is 0.131. The van der Waals surface area contributed by atoms with E-state index in [1.54, 1.807) is 12.4 Å². The van der Waals surface area contributed by atoms with Crippen LogP contribution < -0.4 is 5.32 Å². The van der Waals surface area contributed by atoms with Gasteiger partial charge >= 0.3 is 6.03 Å². The molecular formula is C23H24ClN5O. The van der Waals surface area contributed by atoms with E-state index in [-0.39, 0.29) is 6.03 Å². The predicted molar refractivity (Wildman–Crippen MR) is 120 cm³/mol. The Hall–Kier alpha value is -2.96. The molecule has 7 heteroatoms. The number of nitrogens with zero attached hydrogens (tertiary/aromatic N) is 4. The minimum Gasteiger partial charge on any atom is -0.322 e. The molecule has 1 aromatic heterocycles. The van der Waals surface area contributed by atoms with Crippen LogP contribution in [0.3, 0.4) is 0 Å². The SMILES string of the molecule is Cc1cnc(NC(=O)N2CCN(Cc3cccc(-c4ccccc4Cl)c3)CC2)cn1. The van der Waals surface area contributed by atoms with Gasteiger partial charge in [0.15, 0.2) is 5.82 Å². The van der Waals surface area contributed by atoms with E-state index in [9.17, 15) is 4.79 Å². The van der Waals surface area contributed by atoms with Crippen LogP contribution in [0.15, 0.2) is 60.9 Å². The molecule has 2 aromatic carbocycles. The number of amides is 2. The fraction of sp³-hybridized carbons (Fsp3) is 0.261. The molecule has 0 bridgehead atoms. The summed E-state index contributed by atoms with van der Waals surface area (Å²) >= 11 is 6.35. The maximum atomic E-state index is 12.5. The zero-order valence-corrected chi connectivity index (χ0v) is 17.6. The maximum absolute atomic E-state index is 12.5. The average molecular weight is 422 g/mol. The van der Waals surface area contributed by atoms with Gasteiger partial charge in [-0.15, -0.1) is 0 Å². The quantitative estimate of drug-likeness (QED) is 0.675. The van der Waals surface area contributed by atoms with Gasteiger partial charge in [0.1, 0.15) is 0 Å². The molecule has 30 heavy (non-hydrogen) atoms. The molecule has 2 heterocycles. The smallest absolute Gasteiger partial charge is 0.322 e. The third kappa shape index (κ3) is 4.96. The van der Waals surface area contributed by atoms with Crippen molar-refractivity contribution >= 4 is 23.4 Å². The van der Waals surface area contributed by atoms with E-state index >= 15 is 0 Å². The lowest BCUT2D eigenvalue weighted by molar-refractivity contribution is 0.143. The largest absolute Gasteiger partial charge is 0.323 e. The van der Waals surface area contributed by atoms with Crippen molar-refractivity contribution < 1.29 is 4.79 Å². The Labute approximate surface area is 181 Å². The first-order chi connectivity index (χ1) is 14.6. The van der Waals surface area contributed by atoms with Gasteiger partial charge in [-0.05, 0) is 30.2 Å². The number of benzene rings is 2. The summed E-state index contributed by atoms with van der Waals surface area (Å²) in [7, 11) is 0. The van der Waals surface area contributed by atoms with Gasteiger partial charge in [-0.25, -0.2) is 9.78 Å². The highest BCUT2D eigenvalue weighted by atomic mass is 35.5. The molecule has 1 N–H and O–H groups in total. The molecule has 0 unspecified atom stereocenters. The summed E-state index contributed by atoms with van der Waals surface area (Å²) in [6.45, 7) is 5.70. The van der Waals surface area contributed by atoms with E-state index < -0.39 is 0 Å². The first kappa shape index (κ1) is 20.3. The third-order valence-corrected chi connectivity index (χ3v) is 5.52. The summed E-state index contributed by atoms with van der Waals surface area (Å²) in [5.74, 6) is 0.476. The molecular weight excluding hydrogens is 398 g/mol. The number of aryl methyl sites for hydroxylation is 1. The molecule has 0 radical (unpaired) electrons. The van der Waals surface area contributed by atoms with Crippen LogP contribution in [0, 0.1) is 6.92 Å². The number of anilines is 1. The second-order valence-electron chi connectivity index (χ2n) is 7.42. The topological polar surface area (TPSA) is 61.4 Å². The van der Waals surface area contributed by atoms with Crippen LogP contribution in [-0.2, 0) is 6.54 Å². The summed E-state index contributed by atoms with van der Waals surface area (Å²) in [6.07, 6.45) is 3.22. The molecule has 1 aliphatic rings. The summed E-state index contributed by atoms with van der Waals surface area (Å²) in [6, 6.07) is 16.2. The van der Waals surface area contributed by atoms with Crippen LogP contribution in [0.4, 0.5) is 10.6 Å². The zero-order chi connectivity index (χ0) is 20.9. The van der Waals surface area contributed by atoms with Gasteiger partial charge in [-0.2, -0.15) is 0 Å². The molecule has 0 atom stereocenters. The van der Waals surface area contributed by atoms with Crippen molar-refractivity contribution in [1.82, 2.24) is 19.8 Å². The number of hydrogen-bond donors (Lipinski definition) is 1. The van der Waals surface area contributed by atoms with E-state index in [1.807, 2.05) is 36.1 Å². The number of carbonyl (C=O) groups is 1. The summed E-state index contributed by atoms with van der Waals surface area (Å²) in [5.41, 5.74) is 4.22. The first-order valence-electron chi connectivity index (χ1n) is 9.99. The van der Waals surface area contributed by atoms with Gasteiger partial charge in [0.2, 0.25) is 0 Å². The van der Waals surface area contributed by atoms with Crippen molar-refractivity contribution in [3.8, 4) is 11.1 Å². The molecule has 0 spiro atoms. The first-order valence-corrected chi connectivity index (χ1v) is 10.4. The van der Waals surface area contributed by atoms with Crippen LogP contribution in [0.5, 0.6) is 0 Å². The van der Waals surface area contributed by atoms with Gasteiger partial charge in [-0.3, -0.25) is 15.2 Å². The predicted octanol–water partition coefficient (Wildman–Crippen LogP) is 4.46. The van der Waals surface area contributed by atoms with Gasteiger partial charge in [0.25, 0.3) is 0 Å². The minimum atomic E-state index is -0.131. The maximum Gasteiger partial charge on any atom is 0.323 e. The second-order valence-corrected chi connectivity index (χ2v) is 7.82. The summed E-state index contributed by atoms with van der Waals surface area (Å²) in [4.78, 5) is 25.0. The Morgan fingerprint density at radius 3 is 2.57 bits per heavy atom. The van der Waals surface area contributed by atoms with E-state index in [1.165, 1.54) is 5.56 Å². The fourth-order valence-electron chi connectivity index (χ4n) is 3.55. The van der Waals surface area contributed by atoms with Gasteiger partial charge < -0.3 is 4.90 Å². The molecule has 6 nitrogen and oxygen atoms in total. The van der Waals surface area contributed by atoms with Gasteiger partial charge in [0, 0.05) is 43.3 Å². The molecule has 154 valence electrons. The van der Waals surface area contributed by atoms with Crippen molar-refractivity contribution in [2.45, 2.75) is 13.5 Å². The number of aromatic nitrogens is 2. The van der Waals surface area contributed by atoms with Crippen LogP contribution in [0.25, 0.3) is 11.1 Å². The summed E-state index contributed by atoms with van der Waals surface area (Å²) < 4.78 is 0. The number of carbonyl (C=O) groups excluding carboxylic acids is 1. The molecule has 1 aliphatic heterocycles. The Balaban J connectivity index is 1.33. The molecule has 0 aliphatic carbocycles. The summed E-state index contributed by atoms with van der Waals surface area (Å²) in [5, 5.41) is 3.57. The monoisotopic (exact) mass is 421 g/mol. The molecule has 4 rings (SSSR count). The Morgan fingerprint density at radius 1 is 1.03 bits per heavy atom. The lowest BCUT2D eigenvalue weighted by atomic mass is 10.0. The van der Waals surface area contributed by atoms with E-state index in [2.05, 4.69) is 44.5 Å². The highest BCUT2D eigenvalue weighted by molar-refractivity contribution is 6.33. The van der Waals surface area contributed by atoms with Crippen LogP contribution in [0.1, 0.15) is 11.3 Å². The Morgan fingerprint density at radius 2 is 1.83 bits per heavy atom. The molecule has 3 aromatic rings. The molecule has 1 saturated heterocycles. The number of hydrogen-bond acceptors (Lipinski definition) is 4. The second kappa shape index (κ2) is 9.24. The van der Waals surface area contributed by atoms with Crippen molar-refractivity contribution in [2.24, 2.45) is 0 Å². The Kier molecular flexibility index (Phi) is 6.26. The molecule has 2 amide bonds. The Bertz CT molecular complexity index is 1020. The number of piperazine rings is 1. The van der Waals surface area contributed by atoms with E-state index in [4.69, 9.17) is 11.6 Å². The van der Waals surface area contributed by atoms with Crippen LogP contribution in [-0.4, -0.2) is 52.0 Å². The standard InChI is InChI=1S/C23H24ClN5O/c1-17-14-26-22(15-25-17)27-23(30)29-11-9-28(10-12-29)16-18-5-4-6-19(13-18)20-7-2-3-8-21(20)24/h2-8,13-15H,9-12,16H2,1H3,(H,26,27,30). The third-order valence-electron chi connectivity index (χ3n) is 5.19. The number of rotatable bonds is 4. The molecule has 0 saturated carbocycles. The van der Waals surface area contributed by atoms with E-state index in [0.29, 0.717) is 18.9 Å². The van der Waals surface area contributed by atoms with Gasteiger partial charge in [0.05, 0.1) is 18.1 Å². The lowest BCUT2D eigenvalue weighted by Gasteiger charge is -2.34. The van der Waals surface area contributed by atoms with Crippen LogP contribution in [0.2, 0.25) is 5.02 Å². The van der Waals surface area contributed by atoms with Gasteiger partial charge in [-0.1, -0.05) is 48.0 Å². The van der Waals surface area contributed by atoms with Crippen molar-refractivity contribution in [2.75, 3.05) is 31.5 Å². The zero-order valence-electron chi connectivity index (χ0n) is 16.9. The van der Waals surface area contributed by atoms with Crippen molar-refractivity contribution in [3.63, 3.8) is 0 Å². The van der Waals surface area contributed by atoms with E-state index in [0.717, 1.165) is 41.5 Å². The van der Waals surface area contributed by atoms with Crippen LogP contribution >= 0.6 is 11.6 Å². The van der Waals surface area contributed by atoms with Crippen molar-refractivity contribution in [3.05, 3.63) is 77.2 Å². The molecule has 1 fully saturated rings.